The fourth-order valence-corrected chi connectivity index (χ4v) is 3.52. The van der Waals surface area contributed by atoms with Gasteiger partial charge < -0.3 is 5.32 Å². The van der Waals surface area contributed by atoms with Crippen molar-refractivity contribution in [2.75, 3.05) is 5.32 Å². The zero-order valence-electron chi connectivity index (χ0n) is 15.0. The number of thiazole rings is 1. The van der Waals surface area contributed by atoms with Crippen LogP contribution in [0.1, 0.15) is 22.8 Å². The van der Waals surface area contributed by atoms with Crippen molar-refractivity contribution in [1.82, 2.24) is 20.5 Å². The number of carbonyl (C=O) groups excluding carboxylic acids is 2. The van der Waals surface area contributed by atoms with E-state index in [-0.39, 0.29) is 11.8 Å². The Bertz CT molecular complexity index is 1150. The van der Waals surface area contributed by atoms with E-state index in [1.165, 1.54) is 18.3 Å². The molecule has 4 aromatic rings. The first-order valence-electron chi connectivity index (χ1n) is 8.63. The molecule has 0 atom stereocenters. The number of nitrogens with one attached hydrogen (secondary N) is 3. The van der Waals surface area contributed by atoms with Gasteiger partial charge in [0.05, 0.1) is 23.0 Å². The molecule has 7 nitrogen and oxygen atoms in total. The molecular weight excluding hydrogens is 374 g/mol. The lowest BCUT2D eigenvalue weighted by Gasteiger charge is -2.04. The number of H-pyrrole nitrogens is 1. The van der Waals surface area contributed by atoms with Gasteiger partial charge in [0.2, 0.25) is 5.91 Å². The summed E-state index contributed by atoms with van der Waals surface area (Å²) in [7, 11) is 0. The average Bonchev–Trinajstić information content (AvgIpc) is 3.35. The Labute approximate surface area is 164 Å². The van der Waals surface area contributed by atoms with Gasteiger partial charge in [-0.25, -0.2) is 4.98 Å². The number of aromatic nitrogens is 3. The van der Waals surface area contributed by atoms with Crippen LogP contribution in [0, 0.1) is 0 Å². The third-order valence-electron chi connectivity index (χ3n) is 4.24. The van der Waals surface area contributed by atoms with Gasteiger partial charge in [-0.15, -0.1) is 11.3 Å². The molecule has 2 aromatic heterocycles. The number of nitrogens with zero attached hydrogens (tertiary/aromatic N) is 2. The second-order valence-corrected chi connectivity index (χ2v) is 7.10. The molecular formula is C20H17N5O2S. The maximum Gasteiger partial charge on any atom is 0.259 e. The molecule has 2 heterocycles. The van der Waals surface area contributed by atoms with Gasteiger partial charge in [0, 0.05) is 29.8 Å². The van der Waals surface area contributed by atoms with Gasteiger partial charge in [0.15, 0.2) is 5.13 Å². The Kier molecular flexibility index (Phi) is 4.86. The van der Waals surface area contributed by atoms with Crippen molar-refractivity contribution in [3.63, 3.8) is 0 Å². The Morgan fingerprint density at radius 2 is 1.96 bits per heavy atom. The highest BCUT2D eigenvalue weighted by Crippen LogP contribution is 2.26. The molecule has 3 N–H and O–H groups in total. The summed E-state index contributed by atoms with van der Waals surface area (Å²) in [6.07, 6.45) is 1.68. The van der Waals surface area contributed by atoms with Gasteiger partial charge in [-0.1, -0.05) is 36.4 Å². The summed E-state index contributed by atoms with van der Waals surface area (Å²) in [6, 6.07) is 13.3. The van der Waals surface area contributed by atoms with Gasteiger partial charge in [0.25, 0.3) is 5.91 Å². The summed E-state index contributed by atoms with van der Waals surface area (Å²) in [6.45, 7) is 1.99. The first-order valence-corrected chi connectivity index (χ1v) is 9.51. The first-order chi connectivity index (χ1) is 13.6. The van der Waals surface area contributed by atoms with Crippen LogP contribution < -0.4 is 10.6 Å². The summed E-state index contributed by atoms with van der Waals surface area (Å²) in [5.41, 5.74) is 3.96. The van der Waals surface area contributed by atoms with Gasteiger partial charge in [-0.2, -0.15) is 5.10 Å². The van der Waals surface area contributed by atoms with Crippen LogP contribution in [-0.4, -0.2) is 27.0 Å². The van der Waals surface area contributed by atoms with E-state index in [2.05, 4.69) is 25.8 Å². The Morgan fingerprint density at radius 1 is 1.14 bits per heavy atom. The van der Waals surface area contributed by atoms with E-state index in [9.17, 15) is 9.59 Å². The molecule has 0 fully saturated rings. The topological polar surface area (TPSA) is 99.8 Å². The molecule has 0 saturated heterocycles. The van der Waals surface area contributed by atoms with Crippen molar-refractivity contribution >= 4 is 39.2 Å². The molecule has 2 aromatic carbocycles. The number of benzene rings is 2. The maximum atomic E-state index is 12.6. The number of carbonyl (C=O) groups is 2. The van der Waals surface area contributed by atoms with Crippen molar-refractivity contribution in [3.05, 3.63) is 65.2 Å². The number of amides is 2. The Hall–Kier alpha value is -3.52. The maximum absolute atomic E-state index is 12.6. The number of rotatable bonds is 5. The second-order valence-electron chi connectivity index (χ2n) is 6.24. The zero-order valence-corrected chi connectivity index (χ0v) is 15.8. The summed E-state index contributed by atoms with van der Waals surface area (Å²) in [5.74, 6) is -0.295. The van der Waals surface area contributed by atoms with Gasteiger partial charge in [-0.3, -0.25) is 20.0 Å². The van der Waals surface area contributed by atoms with Crippen LogP contribution in [0.5, 0.6) is 0 Å². The van der Waals surface area contributed by atoms with E-state index >= 15 is 0 Å². The van der Waals surface area contributed by atoms with E-state index in [1.54, 1.807) is 12.3 Å². The predicted molar refractivity (Wildman–Crippen MR) is 109 cm³/mol. The predicted octanol–water partition coefficient (Wildman–Crippen LogP) is 3.57. The van der Waals surface area contributed by atoms with Crippen LogP contribution in [0.25, 0.3) is 22.2 Å². The van der Waals surface area contributed by atoms with E-state index in [4.69, 9.17) is 0 Å². The highest BCUT2D eigenvalue weighted by molar-refractivity contribution is 7.14. The molecule has 0 aliphatic rings. The average molecular weight is 391 g/mol. The van der Waals surface area contributed by atoms with E-state index in [1.807, 2.05) is 41.8 Å². The highest BCUT2D eigenvalue weighted by Gasteiger charge is 2.13. The largest absolute Gasteiger partial charge is 0.352 e. The summed E-state index contributed by atoms with van der Waals surface area (Å²) in [4.78, 5) is 28.1. The van der Waals surface area contributed by atoms with Crippen molar-refractivity contribution in [2.24, 2.45) is 0 Å². The third kappa shape index (κ3) is 3.77. The molecule has 0 bridgehead atoms. The lowest BCUT2D eigenvalue weighted by atomic mass is 10.1. The SMILES string of the molecule is CC(=O)NCc1ccc(-c2csc(NC(=O)c3cccc4cn[nH]c34)n2)cc1. The molecule has 0 saturated carbocycles. The third-order valence-corrected chi connectivity index (χ3v) is 4.99. The van der Waals surface area contributed by atoms with Gasteiger partial charge in [-0.05, 0) is 11.6 Å². The van der Waals surface area contributed by atoms with Crippen molar-refractivity contribution in [1.29, 1.82) is 0 Å². The number of aromatic amines is 1. The molecule has 2 amide bonds. The van der Waals surface area contributed by atoms with Crippen LogP contribution in [0.3, 0.4) is 0 Å². The van der Waals surface area contributed by atoms with Crippen molar-refractivity contribution in [2.45, 2.75) is 13.5 Å². The van der Waals surface area contributed by atoms with Crippen LogP contribution >= 0.6 is 11.3 Å². The molecule has 8 heteroatoms. The lowest BCUT2D eigenvalue weighted by molar-refractivity contribution is -0.119. The molecule has 140 valence electrons. The van der Waals surface area contributed by atoms with E-state index in [0.717, 1.165) is 22.2 Å². The first kappa shape index (κ1) is 17.9. The second kappa shape index (κ2) is 7.61. The molecule has 0 radical (unpaired) electrons. The highest BCUT2D eigenvalue weighted by atomic mass is 32.1. The summed E-state index contributed by atoms with van der Waals surface area (Å²) in [5, 5.41) is 15.8. The minimum atomic E-state index is -0.235. The number of hydrogen-bond donors (Lipinski definition) is 3. The Morgan fingerprint density at radius 3 is 2.75 bits per heavy atom. The monoisotopic (exact) mass is 391 g/mol. The molecule has 28 heavy (non-hydrogen) atoms. The van der Waals surface area contributed by atoms with Crippen molar-refractivity contribution < 1.29 is 9.59 Å². The number of anilines is 1. The molecule has 0 aliphatic heterocycles. The fraction of sp³-hybridized carbons (Fsp3) is 0.100. The quantitative estimate of drug-likeness (QED) is 0.484. The van der Waals surface area contributed by atoms with Crippen LogP contribution in [0.15, 0.2) is 54.0 Å². The fourth-order valence-electron chi connectivity index (χ4n) is 2.81. The molecule has 0 spiro atoms. The smallest absolute Gasteiger partial charge is 0.259 e. The van der Waals surface area contributed by atoms with E-state index < -0.39 is 0 Å². The normalized spacial score (nSPS) is 10.8. The summed E-state index contributed by atoms with van der Waals surface area (Å²) < 4.78 is 0. The number of hydrogen-bond acceptors (Lipinski definition) is 5. The van der Waals surface area contributed by atoms with Gasteiger partial charge in [0.1, 0.15) is 0 Å². The van der Waals surface area contributed by atoms with Crippen LogP contribution in [0.4, 0.5) is 5.13 Å². The van der Waals surface area contributed by atoms with Gasteiger partial charge >= 0.3 is 0 Å². The minimum absolute atomic E-state index is 0.0604. The number of para-hydroxylation sites is 1. The minimum Gasteiger partial charge on any atom is -0.352 e. The Balaban J connectivity index is 1.48. The van der Waals surface area contributed by atoms with Crippen LogP contribution in [-0.2, 0) is 11.3 Å². The standard InChI is InChI=1S/C20H17N5O2S/c1-12(26)21-9-13-5-7-14(8-6-13)17-11-28-20(23-17)24-19(27)16-4-2-3-15-10-22-25-18(15)16/h2-8,10-11H,9H2,1H3,(H,21,26)(H,22,25)(H,23,24,27). The van der Waals surface area contributed by atoms with Crippen molar-refractivity contribution in [3.8, 4) is 11.3 Å². The molecule has 0 aliphatic carbocycles. The molecule has 4 rings (SSSR count). The lowest BCUT2D eigenvalue weighted by Crippen LogP contribution is -2.18. The van der Waals surface area contributed by atoms with Crippen LogP contribution in [0.2, 0.25) is 0 Å². The molecule has 0 unspecified atom stereocenters. The zero-order chi connectivity index (χ0) is 19.5. The van der Waals surface area contributed by atoms with E-state index in [0.29, 0.717) is 22.8 Å². The number of fused-ring (bicyclic) bond motifs is 1. The summed E-state index contributed by atoms with van der Waals surface area (Å²) >= 11 is 1.37.